The lowest BCUT2D eigenvalue weighted by Gasteiger charge is -1.93. The maximum atomic E-state index is 12.8. The number of nitrogens with zero attached hydrogens (tertiary/aromatic N) is 3. The van der Waals surface area contributed by atoms with Crippen LogP contribution in [-0.2, 0) is 0 Å². The number of rotatable bonds is 3. The van der Waals surface area contributed by atoms with Crippen molar-refractivity contribution in [1.29, 1.82) is 0 Å². The van der Waals surface area contributed by atoms with Gasteiger partial charge in [0.05, 0.1) is 0 Å². The highest BCUT2D eigenvalue weighted by Crippen LogP contribution is 2.18. The molecule has 0 N–H and O–H groups in total. The van der Waals surface area contributed by atoms with Crippen molar-refractivity contribution < 1.29 is 13.7 Å². The van der Waals surface area contributed by atoms with Crippen LogP contribution >= 0.6 is 0 Å². The zero-order valence-corrected chi connectivity index (χ0v) is 10.2. The minimum absolute atomic E-state index is 0.0805. The Morgan fingerprint density at radius 2 is 1.90 bits per heavy atom. The van der Waals surface area contributed by atoms with E-state index in [0.717, 1.165) is 0 Å². The molecule has 1 aromatic carbocycles. The zero-order chi connectivity index (χ0) is 13.9. The third-order valence-corrected chi connectivity index (χ3v) is 2.62. The number of aromatic nitrogens is 3. The highest BCUT2D eigenvalue weighted by molar-refractivity contribution is 6.05. The highest BCUT2D eigenvalue weighted by Gasteiger charge is 2.18. The van der Waals surface area contributed by atoms with Crippen LogP contribution in [0.5, 0.6) is 0 Å². The summed E-state index contributed by atoms with van der Waals surface area (Å²) in [5, 5.41) is 3.62. The minimum atomic E-state index is -0.428. The summed E-state index contributed by atoms with van der Waals surface area (Å²) in [7, 11) is 0. The lowest BCUT2D eigenvalue weighted by Crippen LogP contribution is -2.05. The number of carbonyl (C=O) groups is 1. The molecular weight excluding hydrogens is 261 g/mol. The number of halogens is 1. The third-order valence-electron chi connectivity index (χ3n) is 2.62. The predicted octanol–water partition coefficient (Wildman–Crippen LogP) is 2.50. The Bertz CT molecular complexity index is 739. The Kier molecular flexibility index (Phi) is 3.04. The van der Waals surface area contributed by atoms with Gasteiger partial charge in [0.15, 0.2) is 0 Å². The first kappa shape index (κ1) is 12.2. The van der Waals surface area contributed by atoms with Crippen LogP contribution in [0, 0.1) is 5.82 Å². The molecular formula is C14H8FN3O2. The second kappa shape index (κ2) is 5.00. The molecule has 0 saturated carbocycles. The van der Waals surface area contributed by atoms with Crippen molar-refractivity contribution >= 4 is 5.78 Å². The van der Waals surface area contributed by atoms with Crippen molar-refractivity contribution in [2.24, 2.45) is 0 Å². The van der Waals surface area contributed by atoms with Gasteiger partial charge < -0.3 is 4.52 Å². The zero-order valence-electron chi connectivity index (χ0n) is 10.2. The topological polar surface area (TPSA) is 68.9 Å². The van der Waals surface area contributed by atoms with Crippen LogP contribution < -0.4 is 0 Å². The smallest absolute Gasteiger partial charge is 0.258 e. The van der Waals surface area contributed by atoms with Crippen molar-refractivity contribution in [3.05, 3.63) is 66.0 Å². The molecule has 6 heteroatoms. The van der Waals surface area contributed by atoms with Crippen LogP contribution in [0.25, 0.3) is 11.5 Å². The highest BCUT2D eigenvalue weighted by atomic mass is 19.1. The number of carbonyl (C=O) groups excluding carboxylic acids is 1. The summed E-state index contributed by atoms with van der Waals surface area (Å²) in [6, 6.07) is 10.5. The van der Waals surface area contributed by atoms with E-state index < -0.39 is 5.78 Å². The normalized spacial score (nSPS) is 10.4. The predicted molar refractivity (Wildman–Crippen MR) is 67.4 cm³/mol. The SMILES string of the molecule is O=C(c1ccccn1)c1noc(-c2ccc(F)cc2)n1. The summed E-state index contributed by atoms with van der Waals surface area (Å²) < 4.78 is 17.8. The molecule has 20 heavy (non-hydrogen) atoms. The van der Waals surface area contributed by atoms with Crippen LogP contribution in [-0.4, -0.2) is 20.9 Å². The monoisotopic (exact) mass is 269 g/mol. The van der Waals surface area contributed by atoms with Crippen LogP contribution in [0.2, 0.25) is 0 Å². The molecule has 0 unspecified atom stereocenters. The van der Waals surface area contributed by atoms with Gasteiger partial charge in [0.25, 0.3) is 11.7 Å². The Morgan fingerprint density at radius 3 is 2.60 bits per heavy atom. The number of benzene rings is 1. The molecule has 3 rings (SSSR count). The molecule has 0 radical (unpaired) electrons. The van der Waals surface area contributed by atoms with Gasteiger partial charge in [-0.1, -0.05) is 11.2 Å². The average molecular weight is 269 g/mol. The van der Waals surface area contributed by atoms with Crippen molar-refractivity contribution in [2.45, 2.75) is 0 Å². The molecule has 0 spiro atoms. The summed E-state index contributed by atoms with van der Waals surface area (Å²) in [5.41, 5.74) is 0.776. The van der Waals surface area contributed by atoms with Gasteiger partial charge in [-0.25, -0.2) is 4.39 Å². The molecule has 2 aromatic heterocycles. The summed E-state index contributed by atoms with van der Waals surface area (Å²) in [4.78, 5) is 20.0. The van der Waals surface area contributed by atoms with E-state index >= 15 is 0 Å². The summed E-state index contributed by atoms with van der Waals surface area (Å²) in [6.07, 6.45) is 1.51. The van der Waals surface area contributed by atoms with Crippen LogP contribution in [0.1, 0.15) is 16.3 Å². The second-order valence-electron chi connectivity index (χ2n) is 3.97. The number of hydrogen-bond donors (Lipinski definition) is 0. The van der Waals surface area contributed by atoms with E-state index in [1.807, 2.05) is 0 Å². The van der Waals surface area contributed by atoms with Crippen molar-refractivity contribution in [3.63, 3.8) is 0 Å². The van der Waals surface area contributed by atoms with E-state index in [1.54, 1.807) is 18.2 Å². The van der Waals surface area contributed by atoms with Gasteiger partial charge >= 0.3 is 0 Å². The van der Waals surface area contributed by atoms with Crippen LogP contribution in [0.15, 0.2) is 53.2 Å². The quantitative estimate of drug-likeness (QED) is 0.683. The lowest BCUT2D eigenvalue weighted by molar-refractivity contribution is 0.102. The molecule has 0 amide bonds. The Hall–Kier alpha value is -2.89. The van der Waals surface area contributed by atoms with E-state index in [4.69, 9.17) is 4.52 Å². The van der Waals surface area contributed by atoms with E-state index in [1.165, 1.54) is 30.5 Å². The van der Waals surface area contributed by atoms with Crippen LogP contribution in [0.3, 0.4) is 0 Å². The molecule has 0 aliphatic rings. The molecule has 0 atom stereocenters. The van der Waals surface area contributed by atoms with Gasteiger partial charge in [0, 0.05) is 11.8 Å². The van der Waals surface area contributed by atoms with Gasteiger partial charge in [-0.15, -0.1) is 0 Å². The molecule has 5 nitrogen and oxygen atoms in total. The van der Waals surface area contributed by atoms with Crippen molar-refractivity contribution in [2.75, 3.05) is 0 Å². The molecule has 0 saturated heterocycles. The van der Waals surface area contributed by atoms with Gasteiger partial charge in [0.2, 0.25) is 5.82 Å². The fourth-order valence-corrected chi connectivity index (χ4v) is 1.64. The van der Waals surface area contributed by atoms with Crippen molar-refractivity contribution in [3.8, 4) is 11.5 Å². The van der Waals surface area contributed by atoms with E-state index in [9.17, 15) is 9.18 Å². The van der Waals surface area contributed by atoms with Gasteiger partial charge in [-0.2, -0.15) is 4.98 Å². The minimum Gasteiger partial charge on any atom is -0.333 e. The first-order valence-corrected chi connectivity index (χ1v) is 5.79. The molecule has 0 bridgehead atoms. The molecule has 3 aromatic rings. The van der Waals surface area contributed by atoms with Crippen molar-refractivity contribution in [1.82, 2.24) is 15.1 Å². The van der Waals surface area contributed by atoms with Gasteiger partial charge in [-0.05, 0) is 36.4 Å². The number of pyridine rings is 1. The molecule has 98 valence electrons. The average Bonchev–Trinajstić information content (AvgIpc) is 2.98. The fraction of sp³-hybridized carbons (Fsp3) is 0. The third kappa shape index (κ3) is 2.31. The summed E-state index contributed by atoms with van der Waals surface area (Å²) >= 11 is 0. The number of hydrogen-bond acceptors (Lipinski definition) is 5. The van der Waals surface area contributed by atoms with E-state index in [2.05, 4.69) is 15.1 Å². The second-order valence-corrected chi connectivity index (χ2v) is 3.97. The summed E-state index contributed by atoms with van der Waals surface area (Å²) in [6.45, 7) is 0. The molecule has 2 heterocycles. The largest absolute Gasteiger partial charge is 0.333 e. The Balaban J connectivity index is 1.91. The first-order valence-electron chi connectivity index (χ1n) is 5.79. The Labute approximate surface area is 113 Å². The maximum absolute atomic E-state index is 12.8. The first-order chi connectivity index (χ1) is 9.74. The lowest BCUT2D eigenvalue weighted by atomic mass is 10.2. The van der Waals surface area contributed by atoms with E-state index in [0.29, 0.717) is 5.56 Å². The maximum Gasteiger partial charge on any atom is 0.258 e. The fourth-order valence-electron chi connectivity index (χ4n) is 1.64. The molecule has 0 aliphatic carbocycles. The van der Waals surface area contributed by atoms with E-state index in [-0.39, 0.29) is 23.2 Å². The molecule has 0 aliphatic heterocycles. The standard InChI is InChI=1S/C14H8FN3O2/c15-10-6-4-9(5-7-10)14-17-13(18-20-14)12(19)11-3-1-2-8-16-11/h1-8H. The number of ketones is 1. The van der Waals surface area contributed by atoms with Crippen LogP contribution in [0.4, 0.5) is 4.39 Å². The summed E-state index contributed by atoms with van der Waals surface area (Å²) in [5.74, 6) is -0.715. The van der Waals surface area contributed by atoms with Gasteiger partial charge in [-0.3, -0.25) is 9.78 Å². The Morgan fingerprint density at radius 1 is 1.10 bits per heavy atom. The molecule has 0 fully saturated rings. The van der Waals surface area contributed by atoms with Gasteiger partial charge in [0.1, 0.15) is 11.5 Å².